The molecule has 0 bridgehead atoms. The predicted molar refractivity (Wildman–Crippen MR) is 1.11 cm³/mol. The van der Waals surface area contributed by atoms with Gasteiger partial charge in [-0.2, -0.15) is 0 Å². The first-order chi connectivity index (χ1) is 0. The Bertz CT molecular complexity index is 11.6. The second-order valence-corrected chi connectivity index (χ2v) is 0. The van der Waals surface area contributed by atoms with E-state index >= 15 is 0 Å². The van der Waals surface area contributed by atoms with E-state index in [2.05, 4.69) is 0 Å². The third kappa shape index (κ3) is 8.83. The van der Waals surface area contributed by atoms with Crippen molar-refractivity contribution in [2.24, 2.45) is 0 Å². The molecule has 0 saturated carbocycles. The fourth-order valence-corrected chi connectivity index (χ4v) is 0. The second kappa shape index (κ2) is 18.2. The summed E-state index contributed by atoms with van der Waals surface area (Å²) in [7, 11) is 0. The fourth-order valence-electron chi connectivity index (χ4n) is 0. The van der Waals surface area contributed by atoms with E-state index in [0.717, 1.165) is 0 Å². The van der Waals surface area contributed by atoms with Crippen molar-refractivity contribution in [1.82, 2.24) is 0 Å². The topological polar surface area (TPSA) is 0 Å². The number of hydrogen-bond donors (Lipinski definition) is 0. The Balaban J connectivity index is 0. The van der Waals surface area contributed by atoms with Crippen LogP contribution in [0.1, 0.15) is 1.43 Å². The molecule has 0 saturated heterocycles. The van der Waals surface area contributed by atoms with Crippen molar-refractivity contribution >= 4 is 0 Å². The van der Waals surface area contributed by atoms with Gasteiger partial charge in [0, 0.05) is 56.7 Å². The normalized spacial score (nSPS) is 0. The van der Waals surface area contributed by atoms with E-state index in [1.165, 1.54) is 0 Å². The summed E-state index contributed by atoms with van der Waals surface area (Å²) < 4.78 is 0. The predicted octanol–water partition coefficient (Wildman–Crippen LogP) is -2.89. The van der Waals surface area contributed by atoms with Gasteiger partial charge in [0.15, 0.2) is 0 Å². The van der Waals surface area contributed by atoms with E-state index in [4.69, 9.17) is 0 Å². The molecule has 0 unspecified atom stereocenters. The van der Waals surface area contributed by atoms with E-state index in [0.29, 0.717) is 0 Å². The summed E-state index contributed by atoms with van der Waals surface area (Å²) in [4.78, 5) is 0. The monoisotopic (exact) mass is 358 g/mol. The van der Waals surface area contributed by atoms with Crippen molar-refractivity contribution in [1.29, 1.82) is 0 Å². The molecule has 0 aliphatic heterocycles. The molecule has 0 aliphatic rings. The van der Waals surface area contributed by atoms with Crippen molar-refractivity contribution in [3.63, 3.8) is 0 Å². The Hall–Kier alpha value is 2.39. The first-order valence-corrected chi connectivity index (χ1v) is 0. The van der Waals surface area contributed by atoms with Crippen LogP contribution >= 0.6 is 0 Å². The van der Waals surface area contributed by atoms with E-state index < -0.39 is 0 Å². The largest absolute Gasteiger partial charge is 1.00 e. The van der Waals surface area contributed by atoms with Gasteiger partial charge in [0.1, 0.15) is 0 Å². The maximum atomic E-state index is 0. The van der Waals surface area contributed by atoms with Crippen molar-refractivity contribution < 1.29 is 76.9 Å². The van der Waals surface area contributed by atoms with E-state index in [1.54, 1.807) is 0 Å². The molecular weight excluding hydrogens is 355 g/mol. The first-order valence-electron chi connectivity index (χ1n) is 0. The van der Waals surface area contributed by atoms with Crippen LogP contribution < -0.4 is 18.9 Å². The van der Waals surface area contributed by atoms with E-state index in [-0.39, 0.29) is 76.9 Å². The van der Waals surface area contributed by atoms with Gasteiger partial charge in [-0.3, -0.25) is 0 Å². The summed E-state index contributed by atoms with van der Waals surface area (Å²) in [6.45, 7) is 0. The standard InChI is InChI=1S/Ir.Li.Mn.Ru.H/q;+1;;;-1. The minimum absolute atomic E-state index is 0. The maximum absolute atomic E-state index is 0. The van der Waals surface area contributed by atoms with Gasteiger partial charge in [-0.1, -0.05) is 0 Å². The summed E-state index contributed by atoms with van der Waals surface area (Å²) in [5.41, 5.74) is 0. The zero-order valence-corrected chi connectivity index (χ0v) is 7.38. The van der Waals surface area contributed by atoms with Crippen LogP contribution in [0.15, 0.2) is 0 Å². The van der Waals surface area contributed by atoms with Gasteiger partial charge in [0.2, 0.25) is 0 Å². The quantitative estimate of drug-likeness (QED) is 0.409. The van der Waals surface area contributed by atoms with Crippen molar-refractivity contribution in [3.05, 3.63) is 0 Å². The van der Waals surface area contributed by atoms with E-state index in [1.807, 2.05) is 0 Å². The Morgan fingerprint density at radius 1 is 1.25 bits per heavy atom. The van der Waals surface area contributed by atoms with Crippen molar-refractivity contribution in [2.75, 3.05) is 0 Å². The Morgan fingerprint density at radius 3 is 1.25 bits per heavy atom. The summed E-state index contributed by atoms with van der Waals surface area (Å²) in [6.07, 6.45) is 0. The molecule has 0 heterocycles. The molecule has 0 aromatic rings. The third-order valence-electron chi connectivity index (χ3n) is 0. The molecule has 2 radical (unpaired) electrons. The van der Waals surface area contributed by atoms with Gasteiger partial charge >= 0.3 is 18.9 Å². The first kappa shape index (κ1) is 32.5. The average molecular weight is 356 g/mol. The summed E-state index contributed by atoms with van der Waals surface area (Å²) in [5.74, 6) is 0. The van der Waals surface area contributed by atoms with Crippen LogP contribution in [0.25, 0.3) is 0 Å². The molecule has 0 nitrogen and oxygen atoms in total. The SMILES string of the molecule is [H-].[Ir].[Li+].[Mn].[Ru]. The summed E-state index contributed by atoms with van der Waals surface area (Å²) in [6, 6.07) is 0. The molecular formula is HIrLiMnRu. The second-order valence-electron chi connectivity index (χ2n) is 0. The van der Waals surface area contributed by atoms with Gasteiger partial charge in [-0.15, -0.1) is 0 Å². The third-order valence-corrected chi connectivity index (χ3v) is 0. The molecule has 0 rings (SSSR count). The van der Waals surface area contributed by atoms with Crippen LogP contribution in [0.5, 0.6) is 0 Å². The van der Waals surface area contributed by atoms with E-state index in [9.17, 15) is 0 Å². The van der Waals surface area contributed by atoms with Crippen LogP contribution in [0.3, 0.4) is 0 Å². The fraction of sp³-hybridized carbons (Fsp3) is 0. The number of hydrogen-bond acceptors (Lipinski definition) is 0. The Morgan fingerprint density at radius 2 is 1.25 bits per heavy atom. The summed E-state index contributed by atoms with van der Waals surface area (Å²) >= 11 is 0. The van der Waals surface area contributed by atoms with Gasteiger partial charge < -0.3 is 1.43 Å². The zero-order valence-electron chi connectivity index (χ0n) is 3.06. The van der Waals surface area contributed by atoms with Gasteiger partial charge in [0.05, 0.1) is 0 Å². The van der Waals surface area contributed by atoms with Crippen LogP contribution in [-0.4, -0.2) is 0 Å². The molecule has 0 aliphatic carbocycles. The molecule has 0 aromatic carbocycles. The van der Waals surface area contributed by atoms with Crippen LogP contribution in [0.4, 0.5) is 0 Å². The molecule has 0 spiro atoms. The molecule has 4 heteroatoms. The minimum atomic E-state index is 0. The number of rotatable bonds is 0. The van der Waals surface area contributed by atoms with Crippen LogP contribution in [0, 0.1) is 0 Å². The van der Waals surface area contributed by atoms with Crippen LogP contribution in [0.2, 0.25) is 0 Å². The van der Waals surface area contributed by atoms with Crippen molar-refractivity contribution in [3.8, 4) is 0 Å². The van der Waals surface area contributed by atoms with Gasteiger partial charge in [-0.05, 0) is 0 Å². The Labute approximate surface area is 76.1 Å². The summed E-state index contributed by atoms with van der Waals surface area (Å²) in [5, 5.41) is 0. The molecule has 26 valence electrons. The minimum Gasteiger partial charge on any atom is -1.00 e. The maximum Gasteiger partial charge on any atom is 1.00 e. The van der Waals surface area contributed by atoms with Gasteiger partial charge in [0.25, 0.3) is 0 Å². The van der Waals surface area contributed by atoms with Crippen LogP contribution in [-0.2, 0) is 56.7 Å². The molecule has 0 fully saturated rings. The van der Waals surface area contributed by atoms with Gasteiger partial charge in [-0.25, -0.2) is 0 Å². The Kier molecular flexibility index (Phi) is 148. The molecule has 4 heavy (non-hydrogen) atoms. The molecule has 0 aromatic heterocycles. The zero-order chi connectivity index (χ0) is 0. The molecule has 0 amide bonds. The van der Waals surface area contributed by atoms with Crippen molar-refractivity contribution in [2.45, 2.75) is 0 Å². The molecule has 0 atom stereocenters. The molecule has 0 N–H and O–H groups in total. The average Bonchev–Trinajstić information content (AvgIpc) is 0. The smallest absolute Gasteiger partial charge is 1.00 e.